The van der Waals surface area contributed by atoms with E-state index in [0.29, 0.717) is 11.3 Å². The minimum Gasteiger partial charge on any atom is -0.463 e. The Balaban J connectivity index is 1.35. The van der Waals surface area contributed by atoms with E-state index in [2.05, 4.69) is 5.10 Å². The lowest BCUT2D eigenvalue weighted by atomic mass is 10.1. The third-order valence-corrected chi connectivity index (χ3v) is 7.70. The Morgan fingerprint density at radius 1 is 1.31 bits per heavy atom. The molecule has 5 rings (SSSR count). The van der Waals surface area contributed by atoms with E-state index in [4.69, 9.17) is 14.9 Å². The summed E-state index contributed by atoms with van der Waals surface area (Å²) in [6, 6.07) is 7.68. The van der Waals surface area contributed by atoms with Crippen LogP contribution in [0.3, 0.4) is 0 Å². The monoisotopic (exact) mass is 500 g/mol. The number of benzene rings is 1. The van der Waals surface area contributed by atoms with Gasteiger partial charge in [-0.15, -0.1) is 0 Å². The second kappa shape index (κ2) is 8.70. The molecule has 182 valence electrons. The van der Waals surface area contributed by atoms with Crippen molar-refractivity contribution < 1.29 is 28.5 Å². The number of β-lactam (4-membered cyclic amide) rings is 1. The fourth-order valence-electron chi connectivity index (χ4n) is 4.13. The van der Waals surface area contributed by atoms with E-state index in [1.54, 1.807) is 12.1 Å². The fraction of sp³-hybridized carbons (Fsp3) is 0.333. The predicted octanol–water partition coefficient (Wildman–Crippen LogP) is 0.941. The Kier molecular flexibility index (Phi) is 5.68. The Hall–Kier alpha value is -3.91. The standard InChI is InChI=1S/C21H20N6O7S/c22-16-17(28)24-12-21(35-18(16)24,19(29)34-11-13-3-5-14(6-4-13)27(31)32)25-7-8-26(20(25)30)23-10-15-2-1-9-33-15/h1-6,9-10,16,18H,7-8,11-12,22H2/t16-,18-,21-/m1/s1. The van der Waals surface area contributed by atoms with Gasteiger partial charge in [-0.3, -0.25) is 19.8 Å². The summed E-state index contributed by atoms with van der Waals surface area (Å²) >= 11 is 1.11. The number of urea groups is 1. The average molecular weight is 500 g/mol. The molecule has 0 unspecified atom stereocenters. The van der Waals surface area contributed by atoms with Gasteiger partial charge in [0.05, 0.1) is 30.5 Å². The van der Waals surface area contributed by atoms with E-state index in [9.17, 15) is 24.5 Å². The Labute approximate surface area is 202 Å². The van der Waals surface area contributed by atoms with Gasteiger partial charge in [-0.2, -0.15) is 5.10 Å². The molecule has 2 N–H and O–H groups in total. The van der Waals surface area contributed by atoms with Gasteiger partial charge in [0.2, 0.25) is 10.8 Å². The van der Waals surface area contributed by atoms with Crippen molar-refractivity contribution in [3.8, 4) is 0 Å². The van der Waals surface area contributed by atoms with Crippen molar-refractivity contribution >= 4 is 41.6 Å². The molecular weight excluding hydrogens is 480 g/mol. The van der Waals surface area contributed by atoms with Crippen LogP contribution in [-0.4, -0.2) is 79.8 Å². The lowest BCUT2D eigenvalue weighted by molar-refractivity contribution is -0.384. The first-order chi connectivity index (χ1) is 16.8. The molecule has 3 aliphatic rings. The number of ether oxygens (including phenoxy) is 1. The van der Waals surface area contributed by atoms with E-state index in [1.807, 2.05) is 0 Å². The number of esters is 1. The van der Waals surface area contributed by atoms with Gasteiger partial charge in [-0.05, 0) is 29.8 Å². The second-order valence-electron chi connectivity index (χ2n) is 8.10. The largest absolute Gasteiger partial charge is 0.463 e. The molecule has 1 aromatic heterocycles. The topological polar surface area (TPSA) is 165 Å². The molecular formula is C21H20N6O7S. The Bertz CT molecular complexity index is 1200. The number of nitrogens with zero attached hydrogens (tertiary/aromatic N) is 5. The SMILES string of the molecule is N[C@@H]1C(=O)N2C[C@@](C(=O)OCc3ccc([N+](=O)[O-])cc3)(N3CCN(N=Cc4ccco4)C3=O)S[C@H]12. The fourth-order valence-corrected chi connectivity index (χ4v) is 5.76. The zero-order valence-electron chi connectivity index (χ0n) is 18.2. The van der Waals surface area contributed by atoms with Crippen molar-refractivity contribution in [1.82, 2.24) is 14.8 Å². The van der Waals surface area contributed by atoms with Crippen LogP contribution >= 0.6 is 11.8 Å². The smallest absolute Gasteiger partial charge is 0.345 e. The molecule has 4 heterocycles. The van der Waals surface area contributed by atoms with Gasteiger partial charge in [0.15, 0.2) is 0 Å². The lowest BCUT2D eigenvalue weighted by Gasteiger charge is -2.38. The number of nitro groups is 1. The molecule has 3 aliphatic heterocycles. The third-order valence-electron chi connectivity index (χ3n) is 6.01. The van der Waals surface area contributed by atoms with Crippen molar-refractivity contribution in [2.24, 2.45) is 10.8 Å². The molecule has 2 aromatic rings. The van der Waals surface area contributed by atoms with Crippen LogP contribution in [0.5, 0.6) is 0 Å². The summed E-state index contributed by atoms with van der Waals surface area (Å²) in [5.41, 5.74) is 6.38. The molecule has 1 aromatic carbocycles. The number of carbonyl (C=O) groups excluding carboxylic acids is 3. The van der Waals surface area contributed by atoms with Crippen LogP contribution in [0, 0.1) is 10.1 Å². The van der Waals surface area contributed by atoms with Crippen LogP contribution in [0.4, 0.5) is 10.5 Å². The number of furan rings is 1. The summed E-state index contributed by atoms with van der Waals surface area (Å²) in [6.07, 6.45) is 2.88. The number of hydrogen-bond acceptors (Lipinski definition) is 10. The molecule has 35 heavy (non-hydrogen) atoms. The van der Waals surface area contributed by atoms with E-state index < -0.39 is 33.2 Å². The van der Waals surface area contributed by atoms with E-state index in [-0.39, 0.29) is 37.8 Å². The van der Waals surface area contributed by atoms with E-state index >= 15 is 0 Å². The maximum absolute atomic E-state index is 13.4. The van der Waals surface area contributed by atoms with Gasteiger partial charge < -0.3 is 19.8 Å². The maximum atomic E-state index is 13.4. The van der Waals surface area contributed by atoms with Gasteiger partial charge in [0, 0.05) is 18.7 Å². The number of nitrogens with two attached hydrogens (primary N) is 1. The van der Waals surface area contributed by atoms with Crippen molar-refractivity contribution in [2.45, 2.75) is 22.9 Å². The van der Waals surface area contributed by atoms with E-state index in [1.165, 1.54) is 51.6 Å². The summed E-state index contributed by atoms with van der Waals surface area (Å²) in [4.78, 5) is 50.6. The summed E-state index contributed by atoms with van der Waals surface area (Å²) < 4.78 is 10.7. The van der Waals surface area contributed by atoms with E-state index in [0.717, 1.165) is 11.8 Å². The predicted molar refractivity (Wildman–Crippen MR) is 122 cm³/mol. The van der Waals surface area contributed by atoms with Crippen LogP contribution in [-0.2, 0) is 20.9 Å². The van der Waals surface area contributed by atoms with Crippen LogP contribution in [0.15, 0.2) is 52.2 Å². The van der Waals surface area contributed by atoms with Gasteiger partial charge in [-0.25, -0.2) is 14.6 Å². The number of hydrogen-bond donors (Lipinski definition) is 1. The molecule has 13 nitrogen and oxygen atoms in total. The van der Waals surface area contributed by atoms with Gasteiger partial charge in [0.1, 0.15) is 23.8 Å². The minimum atomic E-state index is -1.50. The highest BCUT2D eigenvalue weighted by molar-refractivity contribution is 8.02. The van der Waals surface area contributed by atoms with Crippen LogP contribution in [0.2, 0.25) is 0 Å². The number of hydrazone groups is 1. The molecule has 0 aliphatic carbocycles. The highest BCUT2D eigenvalue weighted by atomic mass is 32.2. The van der Waals surface area contributed by atoms with Crippen molar-refractivity contribution in [1.29, 1.82) is 0 Å². The molecule has 3 amide bonds. The lowest BCUT2D eigenvalue weighted by Crippen LogP contribution is -2.65. The number of rotatable bonds is 7. The highest BCUT2D eigenvalue weighted by Gasteiger charge is 2.65. The first kappa shape index (κ1) is 22.9. The third kappa shape index (κ3) is 3.89. The first-order valence-corrected chi connectivity index (χ1v) is 11.5. The molecule has 3 atom stereocenters. The molecule has 0 bridgehead atoms. The summed E-state index contributed by atoms with van der Waals surface area (Å²) in [6.45, 7) is 0.179. The number of fused-ring (bicyclic) bond motifs is 1. The zero-order chi connectivity index (χ0) is 24.7. The highest BCUT2D eigenvalue weighted by Crippen LogP contribution is 2.49. The van der Waals surface area contributed by atoms with Crippen LogP contribution < -0.4 is 5.73 Å². The first-order valence-electron chi connectivity index (χ1n) is 10.6. The number of thioether (sulfide) groups is 1. The molecule has 0 saturated carbocycles. The van der Waals surface area contributed by atoms with Crippen molar-refractivity contribution in [3.63, 3.8) is 0 Å². The zero-order valence-corrected chi connectivity index (χ0v) is 19.0. The summed E-state index contributed by atoms with van der Waals surface area (Å²) in [7, 11) is 0. The number of carbonyl (C=O) groups is 3. The average Bonchev–Trinajstić information content (AvgIpc) is 3.59. The normalized spacial score (nSPS) is 25.8. The van der Waals surface area contributed by atoms with Crippen LogP contribution in [0.1, 0.15) is 11.3 Å². The van der Waals surface area contributed by atoms with Gasteiger partial charge in [-0.1, -0.05) is 11.8 Å². The summed E-state index contributed by atoms with van der Waals surface area (Å²) in [5.74, 6) is -0.545. The molecule has 3 saturated heterocycles. The second-order valence-corrected chi connectivity index (χ2v) is 9.50. The maximum Gasteiger partial charge on any atom is 0.345 e. The molecule has 14 heteroatoms. The number of amides is 3. The molecule has 0 radical (unpaired) electrons. The Morgan fingerprint density at radius 3 is 2.74 bits per heavy atom. The van der Waals surface area contributed by atoms with Gasteiger partial charge in [0.25, 0.3) is 5.69 Å². The number of non-ortho nitro benzene ring substituents is 1. The molecule has 3 fully saturated rings. The van der Waals surface area contributed by atoms with Crippen molar-refractivity contribution in [2.75, 3.05) is 19.6 Å². The quantitative estimate of drug-likeness (QED) is 0.191. The van der Waals surface area contributed by atoms with Gasteiger partial charge >= 0.3 is 12.0 Å². The Morgan fingerprint density at radius 2 is 2.09 bits per heavy atom. The summed E-state index contributed by atoms with van der Waals surface area (Å²) in [5, 5.41) is 15.8. The van der Waals surface area contributed by atoms with Crippen molar-refractivity contribution in [3.05, 3.63) is 64.1 Å². The molecule has 0 spiro atoms. The van der Waals surface area contributed by atoms with Crippen LogP contribution in [0.25, 0.3) is 0 Å². The minimum absolute atomic E-state index is 0.0601. The number of nitro benzene ring substituents is 1.